The van der Waals surface area contributed by atoms with Crippen molar-refractivity contribution >= 4 is 5.91 Å². The lowest BCUT2D eigenvalue weighted by Crippen LogP contribution is -2.54. The van der Waals surface area contributed by atoms with Gasteiger partial charge in [0.1, 0.15) is 0 Å². The summed E-state index contributed by atoms with van der Waals surface area (Å²) in [5.41, 5.74) is 0. The van der Waals surface area contributed by atoms with Crippen molar-refractivity contribution in [1.29, 1.82) is 0 Å². The SMILES string of the molecule is CCCOCCC(=O)NC1CCC(C)NC1C. The lowest BCUT2D eigenvalue weighted by atomic mass is 9.95. The monoisotopic (exact) mass is 242 g/mol. The van der Waals surface area contributed by atoms with Gasteiger partial charge in [0.15, 0.2) is 0 Å². The second-order valence-corrected chi connectivity index (χ2v) is 4.97. The summed E-state index contributed by atoms with van der Waals surface area (Å²) in [5.74, 6) is 0.106. The van der Waals surface area contributed by atoms with Gasteiger partial charge < -0.3 is 15.4 Å². The quantitative estimate of drug-likeness (QED) is 0.693. The van der Waals surface area contributed by atoms with Crippen LogP contribution in [0.15, 0.2) is 0 Å². The summed E-state index contributed by atoms with van der Waals surface area (Å²) in [6.45, 7) is 7.66. The summed E-state index contributed by atoms with van der Waals surface area (Å²) >= 11 is 0. The summed E-state index contributed by atoms with van der Waals surface area (Å²) in [6, 6.07) is 1.19. The number of hydrogen-bond donors (Lipinski definition) is 2. The van der Waals surface area contributed by atoms with Crippen LogP contribution in [-0.4, -0.2) is 37.2 Å². The van der Waals surface area contributed by atoms with Crippen LogP contribution in [-0.2, 0) is 9.53 Å². The smallest absolute Gasteiger partial charge is 0.222 e. The van der Waals surface area contributed by atoms with E-state index in [9.17, 15) is 4.79 Å². The fourth-order valence-electron chi connectivity index (χ4n) is 2.22. The van der Waals surface area contributed by atoms with Crippen molar-refractivity contribution in [2.24, 2.45) is 0 Å². The van der Waals surface area contributed by atoms with Gasteiger partial charge in [-0.3, -0.25) is 4.79 Å². The van der Waals surface area contributed by atoms with Crippen LogP contribution in [0.25, 0.3) is 0 Å². The van der Waals surface area contributed by atoms with E-state index in [0.29, 0.717) is 25.1 Å². The fourth-order valence-corrected chi connectivity index (χ4v) is 2.22. The molecule has 4 heteroatoms. The van der Waals surface area contributed by atoms with Gasteiger partial charge in [-0.25, -0.2) is 0 Å². The molecule has 0 aromatic heterocycles. The van der Waals surface area contributed by atoms with Crippen LogP contribution in [0.4, 0.5) is 0 Å². The first-order valence-corrected chi connectivity index (χ1v) is 6.76. The Hall–Kier alpha value is -0.610. The molecule has 0 aromatic rings. The molecular formula is C13H26N2O2. The molecule has 1 heterocycles. The second kappa shape index (κ2) is 7.67. The van der Waals surface area contributed by atoms with E-state index < -0.39 is 0 Å². The highest BCUT2D eigenvalue weighted by atomic mass is 16.5. The number of nitrogens with one attached hydrogen (secondary N) is 2. The van der Waals surface area contributed by atoms with Crippen LogP contribution in [0, 0.1) is 0 Å². The molecule has 0 radical (unpaired) electrons. The molecule has 2 N–H and O–H groups in total. The van der Waals surface area contributed by atoms with Crippen LogP contribution < -0.4 is 10.6 Å². The first-order valence-electron chi connectivity index (χ1n) is 6.76. The molecule has 100 valence electrons. The minimum atomic E-state index is 0.106. The Morgan fingerprint density at radius 1 is 1.35 bits per heavy atom. The van der Waals surface area contributed by atoms with Gasteiger partial charge in [0, 0.05) is 31.2 Å². The predicted molar refractivity (Wildman–Crippen MR) is 69.0 cm³/mol. The number of hydrogen-bond acceptors (Lipinski definition) is 3. The Morgan fingerprint density at radius 3 is 2.76 bits per heavy atom. The van der Waals surface area contributed by atoms with Crippen molar-refractivity contribution in [1.82, 2.24) is 10.6 Å². The van der Waals surface area contributed by atoms with Gasteiger partial charge in [-0.05, 0) is 33.1 Å². The van der Waals surface area contributed by atoms with Crippen molar-refractivity contribution in [3.8, 4) is 0 Å². The lowest BCUT2D eigenvalue weighted by Gasteiger charge is -2.34. The summed E-state index contributed by atoms with van der Waals surface area (Å²) < 4.78 is 5.31. The lowest BCUT2D eigenvalue weighted by molar-refractivity contribution is -0.123. The standard InChI is InChI=1S/C13H26N2O2/c1-4-8-17-9-7-13(16)15-12-6-5-10(2)14-11(12)3/h10-12,14H,4-9H2,1-3H3,(H,15,16). The third kappa shape index (κ3) is 5.50. The van der Waals surface area contributed by atoms with Crippen LogP contribution in [0.5, 0.6) is 0 Å². The van der Waals surface area contributed by atoms with Crippen molar-refractivity contribution in [3.63, 3.8) is 0 Å². The molecule has 1 aliphatic rings. The van der Waals surface area contributed by atoms with E-state index >= 15 is 0 Å². The molecule has 4 nitrogen and oxygen atoms in total. The summed E-state index contributed by atoms with van der Waals surface area (Å²) in [7, 11) is 0. The molecule has 0 saturated carbocycles. The number of carbonyl (C=O) groups excluding carboxylic acids is 1. The molecule has 1 amide bonds. The topological polar surface area (TPSA) is 50.4 Å². The Bertz CT molecular complexity index is 233. The summed E-state index contributed by atoms with van der Waals surface area (Å²) in [6.07, 6.45) is 3.67. The number of rotatable bonds is 6. The normalized spacial score (nSPS) is 29.0. The van der Waals surface area contributed by atoms with Gasteiger partial charge in [0.05, 0.1) is 6.61 Å². The van der Waals surface area contributed by atoms with E-state index in [1.165, 1.54) is 0 Å². The van der Waals surface area contributed by atoms with Gasteiger partial charge in [-0.1, -0.05) is 6.92 Å². The maximum atomic E-state index is 11.7. The van der Waals surface area contributed by atoms with E-state index in [4.69, 9.17) is 4.74 Å². The van der Waals surface area contributed by atoms with Crippen molar-refractivity contribution in [2.75, 3.05) is 13.2 Å². The zero-order valence-electron chi connectivity index (χ0n) is 11.3. The molecular weight excluding hydrogens is 216 g/mol. The average molecular weight is 242 g/mol. The molecule has 1 fully saturated rings. The van der Waals surface area contributed by atoms with Crippen LogP contribution in [0.3, 0.4) is 0 Å². The highest BCUT2D eigenvalue weighted by Crippen LogP contribution is 2.13. The van der Waals surface area contributed by atoms with Crippen molar-refractivity contribution in [3.05, 3.63) is 0 Å². The van der Waals surface area contributed by atoms with Gasteiger partial charge in [0.2, 0.25) is 5.91 Å². The molecule has 0 aliphatic carbocycles. The van der Waals surface area contributed by atoms with Crippen molar-refractivity contribution in [2.45, 2.75) is 64.6 Å². The second-order valence-electron chi connectivity index (χ2n) is 4.97. The van der Waals surface area contributed by atoms with Gasteiger partial charge in [-0.2, -0.15) is 0 Å². The molecule has 0 spiro atoms. The number of piperidine rings is 1. The number of amides is 1. The minimum Gasteiger partial charge on any atom is -0.381 e. The van der Waals surface area contributed by atoms with Crippen LogP contribution >= 0.6 is 0 Å². The fraction of sp³-hybridized carbons (Fsp3) is 0.923. The zero-order valence-corrected chi connectivity index (χ0v) is 11.3. The highest BCUT2D eigenvalue weighted by Gasteiger charge is 2.25. The molecule has 1 saturated heterocycles. The van der Waals surface area contributed by atoms with E-state index in [1.54, 1.807) is 0 Å². The first kappa shape index (κ1) is 14.5. The summed E-state index contributed by atoms with van der Waals surface area (Å²) in [5, 5.41) is 6.55. The van der Waals surface area contributed by atoms with Gasteiger partial charge in [-0.15, -0.1) is 0 Å². The Balaban J connectivity index is 2.17. The average Bonchev–Trinajstić information content (AvgIpc) is 2.28. The molecule has 3 unspecified atom stereocenters. The summed E-state index contributed by atoms with van der Waals surface area (Å²) in [4.78, 5) is 11.7. The zero-order chi connectivity index (χ0) is 12.7. The first-order chi connectivity index (χ1) is 8.13. The Kier molecular flexibility index (Phi) is 6.52. The highest BCUT2D eigenvalue weighted by molar-refractivity contribution is 5.76. The minimum absolute atomic E-state index is 0.106. The van der Waals surface area contributed by atoms with E-state index in [2.05, 4.69) is 31.4 Å². The predicted octanol–water partition coefficient (Wildman–Crippen LogP) is 1.45. The van der Waals surface area contributed by atoms with E-state index in [1.807, 2.05) is 0 Å². The third-order valence-electron chi connectivity index (χ3n) is 3.23. The number of carbonyl (C=O) groups is 1. The van der Waals surface area contributed by atoms with Crippen molar-refractivity contribution < 1.29 is 9.53 Å². The largest absolute Gasteiger partial charge is 0.381 e. The Labute approximate surface area is 104 Å². The van der Waals surface area contributed by atoms with E-state index in [-0.39, 0.29) is 11.9 Å². The van der Waals surface area contributed by atoms with Crippen LogP contribution in [0.2, 0.25) is 0 Å². The maximum Gasteiger partial charge on any atom is 0.222 e. The molecule has 17 heavy (non-hydrogen) atoms. The number of ether oxygens (including phenoxy) is 1. The molecule has 1 aliphatic heterocycles. The van der Waals surface area contributed by atoms with Gasteiger partial charge in [0.25, 0.3) is 0 Å². The van der Waals surface area contributed by atoms with E-state index in [0.717, 1.165) is 25.9 Å². The molecule has 3 atom stereocenters. The Morgan fingerprint density at radius 2 is 2.12 bits per heavy atom. The third-order valence-corrected chi connectivity index (χ3v) is 3.23. The molecule has 1 rings (SSSR count). The molecule has 0 bridgehead atoms. The molecule has 0 aromatic carbocycles. The maximum absolute atomic E-state index is 11.7. The van der Waals surface area contributed by atoms with Crippen LogP contribution in [0.1, 0.15) is 46.5 Å². The van der Waals surface area contributed by atoms with Gasteiger partial charge >= 0.3 is 0 Å².